The van der Waals surface area contributed by atoms with Crippen molar-refractivity contribution in [2.45, 2.75) is 12.5 Å². The summed E-state index contributed by atoms with van der Waals surface area (Å²) < 4.78 is 4.84. The monoisotopic (exact) mass is 215 g/mol. The maximum atomic E-state index is 11.7. The summed E-state index contributed by atoms with van der Waals surface area (Å²) in [6, 6.07) is -0.573. The van der Waals surface area contributed by atoms with Gasteiger partial charge in [-0.05, 0) is 6.42 Å². The highest BCUT2D eigenvalue weighted by molar-refractivity contribution is 5.88. The van der Waals surface area contributed by atoms with Crippen molar-refractivity contribution in [2.75, 3.05) is 33.4 Å². The summed E-state index contributed by atoms with van der Waals surface area (Å²) in [4.78, 5) is 24.2. The smallest absolute Gasteiger partial charge is 0.240 e. The van der Waals surface area contributed by atoms with Gasteiger partial charge >= 0.3 is 0 Å². The van der Waals surface area contributed by atoms with Gasteiger partial charge in [-0.15, -0.1) is 0 Å². The predicted octanol–water partition coefficient (Wildman–Crippen LogP) is -1.69. The van der Waals surface area contributed by atoms with Gasteiger partial charge < -0.3 is 20.7 Å². The first-order chi connectivity index (χ1) is 7.15. The predicted molar refractivity (Wildman–Crippen MR) is 54.1 cm³/mol. The van der Waals surface area contributed by atoms with Crippen molar-refractivity contribution in [3.63, 3.8) is 0 Å². The van der Waals surface area contributed by atoms with Crippen LogP contribution in [0.25, 0.3) is 0 Å². The van der Waals surface area contributed by atoms with E-state index in [1.807, 2.05) is 0 Å². The molecule has 0 spiro atoms. The number of nitrogens with one attached hydrogen (secondary N) is 1. The number of ether oxygens (including phenoxy) is 1. The fraction of sp³-hybridized carbons (Fsp3) is 0.778. The number of rotatable bonds is 4. The minimum Gasteiger partial charge on any atom is -0.385 e. The van der Waals surface area contributed by atoms with Gasteiger partial charge in [-0.2, -0.15) is 0 Å². The third kappa shape index (κ3) is 3.49. The molecule has 6 nitrogen and oxygen atoms in total. The molecule has 2 amide bonds. The largest absolute Gasteiger partial charge is 0.385 e. The Bertz CT molecular complexity index is 245. The molecule has 86 valence electrons. The molecule has 3 N–H and O–H groups in total. The zero-order chi connectivity index (χ0) is 11.3. The average molecular weight is 215 g/mol. The molecule has 1 fully saturated rings. The Morgan fingerprint density at radius 3 is 3.07 bits per heavy atom. The van der Waals surface area contributed by atoms with Crippen molar-refractivity contribution >= 4 is 11.8 Å². The van der Waals surface area contributed by atoms with E-state index in [4.69, 9.17) is 10.5 Å². The van der Waals surface area contributed by atoms with Gasteiger partial charge in [0, 0.05) is 26.8 Å². The maximum Gasteiger partial charge on any atom is 0.240 e. The Kier molecular flexibility index (Phi) is 4.51. The molecule has 1 aliphatic heterocycles. The topological polar surface area (TPSA) is 84.7 Å². The standard InChI is InChI=1S/C9H17N3O3/c1-15-5-2-7(10)9(14)12-4-3-11-8(13)6-12/h7H,2-6,10H2,1H3,(H,11,13). The van der Waals surface area contributed by atoms with Crippen molar-refractivity contribution in [2.24, 2.45) is 5.73 Å². The number of piperazine rings is 1. The van der Waals surface area contributed by atoms with Crippen molar-refractivity contribution in [3.8, 4) is 0 Å². The van der Waals surface area contributed by atoms with E-state index in [1.165, 1.54) is 4.90 Å². The number of nitrogens with zero attached hydrogens (tertiary/aromatic N) is 1. The second-order valence-electron chi connectivity index (χ2n) is 3.50. The number of carbonyl (C=O) groups is 2. The number of hydrogen-bond acceptors (Lipinski definition) is 4. The first-order valence-corrected chi connectivity index (χ1v) is 4.95. The lowest BCUT2D eigenvalue weighted by Crippen LogP contribution is -2.54. The molecule has 1 saturated heterocycles. The van der Waals surface area contributed by atoms with Crippen molar-refractivity contribution < 1.29 is 14.3 Å². The van der Waals surface area contributed by atoms with E-state index in [0.29, 0.717) is 26.1 Å². The highest BCUT2D eigenvalue weighted by Gasteiger charge is 2.25. The second-order valence-corrected chi connectivity index (χ2v) is 3.50. The van der Waals surface area contributed by atoms with Crippen LogP contribution in [0, 0.1) is 0 Å². The molecule has 1 unspecified atom stereocenters. The molecular weight excluding hydrogens is 198 g/mol. The van der Waals surface area contributed by atoms with E-state index in [9.17, 15) is 9.59 Å². The van der Waals surface area contributed by atoms with Crippen LogP contribution in [0.2, 0.25) is 0 Å². The molecule has 1 heterocycles. The fourth-order valence-electron chi connectivity index (χ4n) is 1.43. The van der Waals surface area contributed by atoms with E-state index in [0.717, 1.165) is 0 Å². The molecule has 1 aliphatic rings. The maximum absolute atomic E-state index is 11.7. The van der Waals surface area contributed by atoms with E-state index >= 15 is 0 Å². The molecule has 0 saturated carbocycles. The highest BCUT2D eigenvalue weighted by Crippen LogP contribution is 2.00. The molecule has 6 heteroatoms. The van der Waals surface area contributed by atoms with Gasteiger partial charge in [-0.25, -0.2) is 0 Å². The van der Waals surface area contributed by atoms with E-state index in [-0.39, 0.29) is 18.4 Å². The second kappa shape index (κ2) is 5.67. The van der Waals surface area contributed by atoms with Crippen LogP contribution < -0.4 is 11.1 Å². The number of amides is 2. The van der Waals surface area contributed by atoms with E-state index in [1.54, 1.807) is 7.11 Å². The van der Waals surface area contributed by atoms with E-state index in [2.05, 4.69) is 5.32 Å². The molecule has 1 atom stereocenters. The van der Waals surface area contributed by atoms with Crippen molar-refractivity contribution in [1.29, 1.82) is 0 Å². The SMILES string of the molecule is COCCC(N)C(=O)N1CCNC(=O)C1. The molecule has 0 aromatic rings. The number of hydrogen-bond donors (Lipinski definition) is 2. The molecule has 0 aromatic heterocycles. The summed E-state index contributed by atoms with van der Waals surface area (Å²) in [5.74, 6) is -0.310. The molecular formula is C9H17N3O3. The highest BCUT2D eigenvalue weighted by atomic mass is 16.5. The fourth-order valence-corrected chi connectivity index (χ4v) is 1.43. The van der Waals surface area contributed by atoms with Crippen LogP contribution in [0.15, 0.2) is 0 Å². The first-order valence-electron chi connectivity index (χ1n) is 4.95. The number of methoxy groups -OCH3 is 1. The molecule has 0 radical (unpaired) electrons. The molecule has 0 bridgehead atoms. The zero-order valence-electron chi connectivity index (χ0n) is 8.86. The average Bonchev–Trinajstić information content (AvgIpc) is 2.24. The Morgan fingerprint density at radius 1 is 1.73 bits per heavy atom. The van der Waals surface area contributed by atoms with Gasteiger partial charge in [-0.1, -0.05) is 0 Å². The number of carbonyl (C=O) groups excluding carboxylic acids is 2. The van der Waals surface area contributed by atoms with Gasteiger partial charge in [-0.3, -0.25) is 9.59 Å². The van der Waals surface area contributed by atoms with Crippen molar-refractivity contribution in [1.82, 2.24) is 10.2 Å². The van der Waals surface area contributed by atoms with Crippen LogP contribution in [0.1, 0.15) is 6.42 Å². The van der Waals surface area contributed by atoms with Crippen LogP contribution in [0.5, 0.6) is 0 Å². The van der Waals surface area contributed by atoms with Crippen LogP contribution in [-0.2, 0) is 14.3 Å². The molecule has 0 aromatic carbocycles. The molecule has 1 rings (SSSR count). The minimum atomic E-state index is -0.573. The Labute approximate surface area is 88.7 Å². The van der Waals surface area contributed by atoms with Crippen molar-refractivity contribution in [3.05, 3.63) is 0 Å². The van der Waals surface area contributed by atoms with Crippen LogP contribution >= 0.6 is 0 Å². The summed E-state index contributed by atoms with van der Waals surface area (Å²) in [6.45, 7) is 1.60. The van der Waals surface area contributed by atoms with Crippen LogP contribution in [0.4, 0.5) is 0 Å². The minimum absolute atomic E-state index is 0.111. The Balaban J connectivity index is 2.40. The molecule has 15 heavy (non-hydrogen) atoms. The lowest BCUT2D eigenvalue weighted by Gasteiger charge is -2.28. The Hall–Kier alpha value is -1.14. The van der Waals surface area contributed by atoms with Gasteiger partial charge in [0.05, 0.1) is 12.6 Å². The van der Waals surface area contributed by atoms with Gasteiger partial charge in [0.15, 0.2) is 0 Å². The quantitative estimate of drug-likeness (QED) is 0.586. The van der Waals surface area contributed by atoms with Crippen LogP contribution in [0.3, 0.4) is 0 Å². The summed E-state index contributed by atoms with van der Waals surface area (Å²) in [5.41, 5.74) is 5.68. The number of nitrogens with two attached hydrogens (primary N) is 1. The third-order valence-electron chi connectivity index (χ3n) is 2.30. The zero-order valence-corrected chi connectivity index (χ0v) is 8.86. The van der Waals surface area contributed by atoms with Gasteiger partial charge in [0.1, 0.15) is 0 Å². The lowest BCUT2D eigenvalue weighted by atomic mass is 10.2. The summed E-state index contributed by atoms with van der Waals surface area (Å²) in [7, 11) is 1.56. The Morgan fingerprint density at radius 2 is 2.47 bits per heavy atom. The lowest BCUT2D eigenvalue weighted by molar-refractivity contribution is -0.139. The summed E-state index contributed by atoms with van der Waals surface area (Å²) in [6.07, 6.45) is 0.480. The normalized spacial score (nSPS) is 18.5. The van der Waals surface area contributed by atoms with Gasteiger partial charge in [0.25, 0.3) is 0 Å². The summed E-state index contributed by atoms with van der Waals surface area (Å²) >= 11 is 0. The first kappa shape index (κ1) is 11.9. The summed E-state index contributed by atoms with van der Waals surface area (Å²) in [5, 5.41) is 2.65. The third-order valence-corrected chi connectivity index (χ3v) is 2.30. The molecule has 0 aliphatic carbocycles. The van der Waals surface area contributed by atoms with Gasteiger partial charge in [0.2, 0.25) is 11.8 Å². The van der Waals surface area contributed by atoms with Crippen LogP contribution in [-0.4, -0.2) is 56.1 Å². The van der Waals surface area contributed by atoms with E-state index < -0.39 is 6.04 Å².